The van der Waals surface area contributed by atoms with Gasteiger partial charge in [0.25, 0.3) is 0 Å². The molecular formula is C18H25N5O3S. The Balaban J connectivity index is 1.68. The lowest BCUT2D eigenvalue weighted by Gasteiger charge is -2.26. The summed E-state index contributed by atoms with van der Waals surface area (Å²) in [6.45, 7) is 7.10. The van der Waals surface area contributed by atoms with Gasteiger partial charge in [0.05, 0.1) is 30.3 Å². The number of ether oxygens (including phenoxy) is 2. The Morgan fingerprint density at radius 3 is 2.74 bits per heavy atom. The first-order valence-corrected chi connectivity index (χ1v) is 9.80. The zero-order chi connectivity index (χ0) is 19.4. The van der Waals surface area contributed by atoms with Crippen LogP contribution < -0.4 is 0 Å². The number of rotatable bonds is 7. The van der Waals surface area contributed by atoms with Crippen LogP contribution in [0.25, 0.3) is 0 Å². The molecule has 0 N–H and O–H groups in total. The Kier molecular flexibility index (Phi) is 6.13. The van der Waals surface area contributed by atoms with E-state index in [4.69, 9.17) is 9.47 Å². The van der Waals surface area contributed by atoms with Crippen LogP contribution in [0, 0.1) is 6.92 Å². The van der Waals surface area contributed by atoms with E-state index >= 15 is 0 Å². The number of thioether (sulfide) groups is 1. The van der Waals surface area contributed by atoms with E-state index in [9.17, 15) is 4.79 Å². The van der Waals surface area contributed by atoms with Gasteiger partial charge in [0, 0.05) is 26.0 Å². The molecule has 0 saturated carbocycles. The molecule has 0 bridgehead atoms. The van der Waals surface area contributed by atoms with Gasteiger partial charge in [-0.15, -0.1) is 0 Å². The number of aromatic nitrogens is 4. The van der Waals surface area contributed by atoms with Gasteiger partial charge in [0.2, 0.25) is 5.91 Å². The number of hydrogen-bond donors (Lipinski definition) is 0. The van der Waals surface area contributed by atoms with Crippen molar-refractivity contribution in [1.82, 2.24) is 24.6 Å². The second-order valence-corrected chi connectivity index (χ2v) is 7.89. The van der Waals surface area contributed by atoms with E-state index < -0.39 is 5.79 Å². The molecule has 3 rings (SSSR count). The molecule has 27 heavy (non-hydrogen) atoms. The highest BCUT2D eigenvalue weighted by Gasteiger charge is 2.34. The molecular weight excluding hydrogens is 366 g/mol. The molecule has 1 aliphatic heterocycles. The Morgan fingerprint density at radius 1 is 1.41 bits per heavy atom. The minimum Gasteiger partial charge on any atom is -0.348 e. The van der Waals surface area contributed by atoms with Crippen molar-refractivity contribution in [1.29, 1.82) is 0 Å². The molecule has 1 aliphatic rings. The molecule has 1 unspecified atom stereocenters. The topological polar surface area (TPSA) is 82.4 Å². The third-order valence-corrected chi connectivity index (χ3v) is 5.02. The van der Waals surface area contributed by atoms with Crippen molar-refractivity contribution in [2.75, 3.05) is 18.9 Å². The van der Waals surface area contributed by atoms with E-state index in [0.717, 1.165) is 11.4 Å². The molecule has 8 nitrogen and oxygen atoms in total. The van der Waals surface area contributed by atoms with E-state index in [1.807, 2.05) is 33.9 Å². The summed E-state index contributed by atoms with van der Waals surface area (Å²) in [7, 11) is 1.88. The van der Waals surface area contributed by atoms with Crippen LogP contribution in [-0.4, -0.2) is 61.4 Å². The highest BCUT2D eigenvalue weighted by Crippen LogP contribution is 2.24. The van der Waals surface area contributed by atoms with Gasteiger partial charge in [0.1, 0.15) is 6.10 Å². The minimum absolute atomic E-state index is 0.000359. The highest BCUT2D eigenvalue weighted by molar-refractivity contribution is 7.99. The summed E-state index contributed by atoms with van der Waals surface area (Å²) in [6.07, 6.45) is 3.18. The van der Waals surface area contributed by atoms with Crippen molar-refractivity contribution in [2.24, 2.45) is 7.05 Å². The number of carbonyl (C=O) groups is 1. The van der Waals surface area contributed by atoms with E-state index in [-0.39, 0.29) is 17.8 Å². The van der Waals surface area contributed by atoms with Crippen LogP contribution >= 0.6 is 11.8 Å². The second kappa shape index (κ2) is 8.37. The first-order chi connectivity index (χ1) is 12.8. The van der Waals surface area contributed by atoms with Crippen molar-refractivity contribution in [3.8, 4) is 0 Å². The highest BCUT2D eigenvalue weighted by atomic mass is 32.2. The average molecular weight is 391 g/mol. The summed E-state index contributed by atoms with van der Waals surface area (Å²) in [5, 5.41) is 4.96. The Bertz CT molecular complexity index is 781. The Hall–Kier alpha value is -1.97. The fraction of sp³-hybridized carbons (Fsp3) is 0.556. The third-order valence-electron chi connectivity index (χ3n) is 4.16. The summed E-state index contributed by atoms with van der Waals surface area (Å²) < 4.78 is 13.3. The van der Waals surface area contributed by atoms with Crippen LogP contribution in [0.15, 0.2) is 29.7 Å². The first kappa shape index (κ1) is 19.8. The molecule has 1 atom stereocenters. The van der Waals surface area contributed by atoms with Gasteiger partial charge in [-0.3, -0.25) is 9.48 Å². The number of nitrogens with zero attached hydrogens (tertiary/aromatic N) is 5. The maximum absolute atomic E-state index is 12.9. The molecule has 2 aromatic rings. The van der Waals surface area contributed by atoms with Gasteiger partial charge in [0.15, 0.2) is 10.9 Å². The van der Waals surface area contributed by atoms with Crippen molar-refractivity contribution in [3.63, 3.8) is 0 Å². The zero-order valence-electron chi connectivity index (χ0n) is 16.1. The molecule has 0 radical (unpaired) electrons. The predicted molar refractivity (Wildman–Crippen MR) is 101 cm³/mol. The van der Waals surface area contributed by atoms with Gasteiger partial charge in [-0.05, 0) is 32.9 Å². The lowest BCUT2D eigenvalue weighted by atomic mass is 10.3. The summed E-state index contributed by atoms with van der Waals surface area (Å²) in [5.41, 5.74) is 1.90. The molecule has 0 spiro atoms. The SMILES string of the molecule is Cc1cc(CN(CC2COC(C)(C)O2)C(=O)CSc2ncccn2)n(C)n1. The maximum atomic E-state index is 12.9. The Morgan fingerprint density at radius 2 is 2.15 bits per heavy atom. The molecule has 9 heteroatoms. The molecule has 146 valence electrons. The van der Waals surface area contributed by atoms with E-state index in [1.54, 1.807) is 28.0 Å². The lowest BCUT2D eigenvalue weighted by molar-refractivity contribution is -0.145. The standard InChI is InChI=1S/C18H25N5O3S/c1-13-8-14(22(4)21-13)9-23(10-15-11-25-18(2,3)26-15)16(24)12-27-17-19-6-5-7-20-17/h5-8,15H,9-12H2,1-4H3. The van der Waals surface area contributed by atoms with Gasteiger partial charge in [-0.1, -0.05) is 11.8 Å². The van der Waals surface area contributed by atoms with Crippen LogP contribution in [0.1, 0.15) is 25.2 Å². The second-order valence-electron chi connectivity index (χ2n) is 6.95. The normalized spacial score (nSPS) is 18.6. The monoisotopic (exact) mass is 391 g/mol. The smallest absolute Gasteiger partial charge is 0.233 e. The van der Waals surface area contributed by atoms with Gasteiger partial charge in [-0.2, -0.15) is 5.10 Å². The summed E-state index contributed by atoms with van der Waals surface area (Å²) in [6, 6.07) is 3.74. The Labute approximate surface area is 163 Å². The lowest BCUT2D eigenvalue weighted by Crippen LogP contribution is -2.40. The van der Waals surface area contributed by atoms with Crippen molar-refractivity contribution in [2.45, 2.75) is 44.4 Å². The van der Waals surface area contributed by atoms with Crippen molar-refractivity contribution >= 4 is 17.7 Å². The summed E-state index contributed by atoms with van der Waals surface area (Å²) in [4.78, 5) is 23.0. The van der Waals surface area contributed by atoms with Crippen LogP contribution in [0.3, 0.4) is 0 Å². The van der Waals surface area contributed by atoms with Crippen LogP contribution in [-0.2, 0) is 27.9 Å². The van der Waals surface area contributed by atoms with Gasteiger partial charge >= 0.3 is 0 Å². The van der Waals surface area contributed by atoms with E-state index in [2.05, 4.69) is 15.1 Å². The number of amides is 1. The molecule has 1 fully saturated rings. The molecule has 2 aromatic heterocycles. The fourth-order valence-corrected chi connectivity index (χ4v) is 3.64. The molecule has 0 aliphatic carbocycles. The predicted octanol–water partition coefficient (Wildman–Crippen LogP) is 1.79. The zero-order valence-corrected chi connectivity index (χ0v) is 16.9. The molecule has 1 amide bonds. The first-order valence-electron chi connectivity index (χ1n) is 8.81. The molecule has 1 saturated heterocycles. The fourth-order valence-electron chi connectivity index (χ4n) is 2.94. The van der Waals surface area contributed by atoms with Gasteiger partial charge < -0.3 is 14.4 Å². The third kappa shape index (κ3) is 5.50. The number of aryl methyl sites for hydroxylation is 2. The number of carbonyl (C=O) groups excluding carboxylic acids is 1. The average Bonchev–Trinajstić information content (AvgIpc) is 3.13. The quantitative estimate of drug-likeness (QED) is 0.526. The summed E-state index contributed by atoms with van der Waals surface area (Å²) in [5.74, 6) is -0.355. The van der Waals surface area contributed by atoms with Crippen LogP contribution in [0.2, 0.25) is 0 Å². The van der Waals surface area contributed by atoms with Crippen LogP contribution in [0.5, 0.6) is 0 Å². The van der Waals surface area contributed by atoms with Crippen molar-refractivity contribution in [3.05, 3.63) is 35.9 Å². The van der Waals surface area contributed by atoms with E-state index in [0.29, 0.717) is 24.9 Å². The molecule has 3 heterocycles. The van der Waals surface area contributed by atoms with Crippen molar-refractivity contribution < 1.29 is 14.3 Å². The number of hydrogen-bond acceptors (Lipinski definition) is 7. The van der Waals surface area contributed by atoms with Gasteiger partial charge in [-0.25, -0.2) is 9.97 Å². The van der Waals surface area contributed by atoms with E-state index in [1.165, 1.54) is 11.8 Å². The van der Waals surface area contributed by atoms with Crippen LogP contribution in [0.4, 0.5) is 0 Å². The largest absolute Gasteiger partial charge is 0.348 e. The maximum Gasteiger partial charge on any atom is 0.233 e. The minimum atomic E-state index is -0.616. The summed E-state index contributed by atoms with van der Waals surface area (Å²) >= 11 is 1.33. The molecule has 0 aromatic carbocycles.